The largest absolute Gasteiger partial charge is 0.477 e. The Morgan fingerprint density at radius 3 is 2.70 bits per heavy atom. The lowest BCUT2D eigenvalue weighted by atomic mass is 10.0. The van der Waals surface area contributed by atoms with Gasteiger partial charge in [-0.2, -0.15) is 0 Å². The molecule has 3 aliphatic rings. The number of thiocarbonyl (C=S) groups is 1. The molecular formula is C22H26N4O4S3. The van der Waals surface area contributed by atoms with Crippen LogP contribution in [0.3, 0.4) is 0 Å². The first-order valence-corrected chi connectivity index (χ1v) is 13.2. The van der Waals surface area contributed by atoms with Gasteiger partial charge in [-0.1, -0.05) is 61.2 Å². The van der Waals surface area contributed by atoms with Crippen molar-refractivity contribution in [3.63, 3.8) is 0 Å². The average molecular weight is 507 g/mol. The van der Waals surface area contributed by atoms with Crippen LogP contribution in [-0.4, -0.2) is 78.2 Å². The van der Waals surface area contributed by atoms with Crippen LogP contribution in [0.15, 0.2) is 41.6 Å². The maximum absolute atomic E-state index is 13.6. The predicted octanol–water partition coefficient (Wildman–Crippen LogP) is 2.45. The fraction of sp³-hybridized carbons (Fsp3) is 0.455. The summed E-state index contributed by atoms with van der Waals surface area (Å²) in [5, 5.41) is 12.1. The molecule has 0 saturated carbocycles. The van der Waals surface area contributed by atoms with E-state index in [1.165, 1.54) is 28.4 Å². The van der Waals surface area contributed by atoms with Crippen molar-refractivity contribution in [1.82, 2.24) is 20.0 Å². The summed E-state index contributed by atoms with van der Waals surface area (Å²) in [7, 11) is 0. The van der Waals surface area contributed by atoms with Crippen molar-refractivity contribution in [3.05, 3.63) is 47.2 Å². The van der Waals surface area contributed by atoms with Gasteiger partial charge < -0.3 is 15.3 Å². The van der Waals surface area contributed by atoms with Gasteiger partial charge in [-0.25, -0.2) is 4.79 Å². The summed E-state index contributed by atoms with van der Waals surface area (Å²) in [4.78, 5) is 43.5. The molecule has 0 aliphatic carbocycles. The topological polar surface area (TPSA) is 93.2 Å². The number of fused-ring (bicyclic) bond motifs is 1. The summed E-state index contributed by atoms with van der Waals surface area (Å²) in [5.41, 5.74) is 1.52. The van der Waals surface area contributed by atoms with E-state index in [2.05, 4.69) is 22.0 Å². The maximum atomic E-state index is 13.6. The summed E-state index contributed by atoms with van der Waals surface area (Å²) >= 11 is 8.49. The van der Waals surface area contributed by atoms with Gasteiger partial charge in [-0.05, 0) is 24.5 Å². The van der Waals surface area contributed by atoms with Crippen LogP contribution >= 0.6 is 35.7 Å². The number of carbonyl (C=O) groups excluding carboxylic acids is 2. The van der Waals surface area contributed by atoms with Crippen molar-refractivity contribution in [2.45, 2.75) is 37.7 Å². The zero-order valence-corrected chi connectivity index (χ0v) is 20.8. The van der Waals surface area contributed by atoms with E-state index in [9.17, 15) is 19.5 Å². The van der Waals surface area contributed by atoms with Crippen LogP contribution in [0.1, 0.15) is 31.9 Å². The van der Waals surface area contributed by atoms with E-state index >= 15 is 0 Å². The van der Waals surface area contributed by atoms with Crippen LogP contribution in [0.5, 0.6) is 0 Å². The highest BCUT2D eigenvalue weighted by atomic mass is 32.2. The Balaban J connectivity index is 1.54. The molecule has 8 nitrogen and oxygen atoms in total. The molecule has 1 aromatic rings. The minimum Gasteiger partial charge on any atom is -0.477 e. The fourth-order valence-electron chi connectivity index (χ4n) is 4.31. The highest BCUT2D eigenvalue weighted by molar-refractivity contribution is 8.22. The van der Waals surface area contributed by atoms with Crippen LogP contribution in [0, 0.1) is 0 Å². The molecule has 2 saturated heterocycles. The van der Waals surface area contributed by atoms with Crippen LogP contribution in [-0.2, 0) is 14.4 Å². The molecule has 0 spiro atoms. The average Bonchev–Trinajstić information content (AvgIpc) is 2.80. The molecule has 1 aromatic carbocycles. The lowest BCUT2D eigenvalue weighted by molar-refractivity contribution is -0.151. The SMILES string of the molecule is CCCN1CN([C@@H](C(=O)N[C@@H]2C(=O)N3C(C(=O)O)=C(C)CSC23)c2ccccc2)CSC1=S. The van der Waals surface area contributed by atoms with Crippen LogP contribution in [0.25, 0.3) is 0 Å². The molecule has 11 heteroatoms. The lowest BCUT2D eigenvalue weighted by Crippen LogP contribution is -2.71. The second kappa shape index (κ2) is 10.0. The van der Waals surface area contributed by atoms with Crippen molar-refractivity contribution >= 4 is 57.8 Å². The van der Waals surface area contributed by atoms with Gasteiger partial charge in [0.2, 0.25) is 5.91 Å². The van der Waals surface area contributed by atoms with Gasteiger partial charge in [0.05, 0.1) is 12.5 Å². The number of carboxylic acid groups (broad SMARTS) is 1. The first kappa shape index (κ1) is 24.1. The van der Waals surface area contributed by atoms with E-state index in [0.29, 0.717) is 23.9 Å². The Kier molecular flexibility index (Phi) is 7.32. The Bertz CT molecular complexity index is 1000. The standard InChI is InChI=1S/C22H26N4O4S3/c1-3-9-24-11-25(12-33-22(24)31)17(14-7-5-4-6-8-14)18(27)23-15-19(28)26-16(21(29)30)13(2)10-32-20(15)26/h4-8,15,17,20H,3,9-12H2,1-2H3,(H,23,27)(H,29,30)/t15-,17-,20?/m1/s1. The molecule has 0 radical (unpaired) electrons. The van der Waals surface area contributed by atoms with Crippen molar-refractivity contribution in [3.8, 4) is 0 Å². The van der Waals surface area contributed by atoms with Gasteiger partial charge >= 0.3 is 5.97 Å². The van der Waals surface area contributed by atoms with Crippen LogP contribution in [0.2, 0.25) is 0 Å². The minimum absolute atomic E-state index is 0.0324. The summed E-state index contributed by atoms with van der Waals surface area (Å²) in [6.07, 6.45) is 0.945. The third-order valence-electron chi connectivity index (χ3n) is 5.85. The third-order valence-corrected chi connectivity index (χ3v) is 8.85. The molecule has 0 bridgehead atoms. The summed E-state index contributed by atoms with van der Waals surface area (Å²) in [6, 6.07) is 8.16. The number of aliphatic carboxylic acids is 1. The first-order chi connectivity index (χ1) is 15.8. The lowest BCUT2D eigenvalue weighted by Gasteiger charge is -2.49. The van der Waals surface area contributed by atoms with Gasteiger partial charge in [0, 0.05) is 12.3 Å². The molecule has 2 N–H and O–H groups in total. The van der Waals surface area contributed by atoms with E-state index in [1.807, 2.05) is 30.3 Å². The molecule has 176 valence electrons. The smallest absolute Gasteiger partial charge is 0.352 e. The van der Waals surface area contributed by atoms with E-state index in [-0.39, 0.29) is 17.5 Å². The van der Waals surface area contributed by atoms with E-state index in [4.69, 9.17) is 12.2 Å². The van der Waals surface area contributed by atoms with Crippen molar-refractivity contribution in [2.75, 3.05) is 24.8 Å². The maximum Gasteiger partial charge on any atom is 0.352 e. The predicted molar refractivity (Wildman–Crippen MR) is 133 cm³/mol. The second-order valence-electron chi connectivity index (χ2n) is 8.18. The number of β-lactam (4-membered cyclic amide) rings is 1. The summed E-state index contributed by atoms with van der Waals surface area (Å²) in [5.74, 6) is -0.689. The Labute approximate surface area is 206 Å². The number of nitrogens with one attached hydrogen (secondary N) is 1. The Hall–Kier alpha value is -2.08. The third kappa shape index (κ3) is 4.64. The molecule has 0 aromatic heterocycles. The molecule has 2 amide bonds. The zero-order chi connectivity index (χ0) is 23.7. The zero-order valence-electron chi connectivity index (χ0n) is 18.4. The van der Waals surface area contributed by atoms with E-state index in [1.54, 1.807) is 6.92 Å². The highest BCUT2D eigenvalue weighted by Crippen LogP contribution is 2.40. The number of carbonyl (C=O) groups is 3. The van der Waals surface area contributed by atoms with E-state index in [0.717, 1.165) is 22.8 Å². The van der Waals surface area contributed by atoms with Gasteiger partial charge in [0.1, 0.15) is 27.5 Å². The second-order valence-corrected chi connectivity index (χ2v) is 10.9. The number of nitrogens with zero attached hydrogens (tertiary/aromatic N) is 3. The highest BCUT2D eigenvalue weighted by Gasteiger charge is 2.54. The Morgan fingerprint density at radius 2 is 2.03 bits per heavy atom. The number of carboxylic acids is 1. The number of rotatable bonds is 7. The van der Waals surface area contributed by atoms with Crippen LogP contribution < -0.4 is 5.32 Å². The molecular weight excluding hydrogens is 480 g/mol. The molecule has 1 unspecified atom stereocenters. The first-order valence-electron chi connectivity index (χ1n) is 10.7. The molecule has 33 heavy (non-hydrogen) atoms. The van der Waals surface area contributed by atoms with Crippen molar-refractivity contribution in [1.29, 1.82) is 0 Å². The molecule has 3 heterocycles. The number of benzene rings is 1. The van der Waals surface area contributed by atoms with Gasteiger partial charge in [0.15, 0.2) is 0 Å². The normalized spacial score (nSPS) is 24.3. The van der Waals surface area contributed by atoms with E-state index < -0.39 is 23.4 Å². The summed E-state index contributed by atoms with van der Waals surface area (Å²) in [6.45, 7) is 5.15. The minimum atomic E-state index is -1.12. The van der Waals surface area contributed by atoms with Crippen LogP contribution in [0.4, 0.5) is 0 Å². The monoisotopic (exact) mass is 506 g/mol. The number of amides is 2. The summed E-state index contributed by atoms with van der Waals surface area (Å²) < 4.78 is 0.826. The molecule has 3 atom stereocenters. The number of thioether (sulfide) groups is 2. The molecule has 3 aliphatic heterocycles. The fourth-order valence-corrected chi connectivity index (χ4v) is 6.74. The quantitative estimate of drug-likeness (QED) is 0.427. The van der Waals surface area contributed by atoms with Crippen molar-refractivity contribution in [2.24, 2.45) is 0 Å². The molecule has 4 rings (SSSR count). The van der Waals surface area contributed by atoms with Gasteiger partial charge in [-0.3, -0.25) is 19.4 Å². The molecule has 2 fully saturated rings. The number of hydrogen-bond acceptors (Lipinski definition) is 7. The van der Waals surface area contributed by atoms with Gasteiger partial charge in [0.25, 0.3) is 5.91 Å². The van der Waals surface area contributed by atoms with Gasteiger partial charge in [-0.15, -0.1) is 11.8 Å². The Morgan fingerprint density at radius 1 is 1.30 bits per heavy atom. The van der Waals surface area contributed by atoms with Crippen molar-refractivity contribution < 1.29 is 19.5 Å². The number of hydrogen-bond donors (Lipinski definition) is 2.